The number of benzene rings is 1. The summed E-state index contributed by atoms with van der Waals surface area (Å²) in [4.78, 5) is 11.6. The lowest BCUT2D eigenvalue weighted by atomic mass is 10.2. The van der Waals surface area contributed by atoms with Gasteiger partial charge in [-0.2, -0.15) is 10.4 Å². The van der Waals surface area contributed by atoms with Crippen molar-refractivity contribution in [1.29, 1.82) is 5.26 Å². The van der Waals surface area contributed by atoms with Gasteiger partial charge < -0.3 is 10.6 Å². The van der Waals surface area contributed by atoms with Crippen LogP contribution in [0.4, 0.5) is 10.1 Å². The normalized spacial score (nSPS) is 9.90. The molecule has 0 atom stereocenters. The van der Waals surface area contributed by atoms with Gasteiger partial charge in [0.2, 0.25) is 5.91 Å². The van der Waals surface area contributed by atoms with Gasteiger partial charge in [0.05, 0.1) is 5.69 Å². The van der Waals surface area contributed by atoms with E-state index in [-0.39, 0.29) is 18.0 Å². The summed E-state index contributed by atoms with van der Waals surface area (Å²) in [5.41, 5.74) is 0.388. The van der Waals surface area contributed by atoms with Crippen LogP contribution in [0, 0.1) is 17.1 Å². The van der Waals surface area contributed by atoms with E-state index >= 15 is 0 Å². The molecule has 2 rings (SSSR count). The summed E-state index contributed by atoms with van der Waals surface area (Å²) in [7, 11) is 0. The number of hydrogen-bond acceptors (Lipinski definition) is 4. The molecule has 0 saturated carbocycles. The van der Waals surface area contributed by atoms with Gasteiger partial charge in [-0.1, -0.05) is 6.07 Å². The summed E-state index contributed by atoms with van der Waals surface area (Å²) in [5.74, 6) is -0.731. The van der Waals surface area contributed by atoms with Crippen LogP contribution in [0.1, 0.15) is 5.56 Å². The van der Waals surface area contributed by atoms with Crippen molar-refractivity contribution in [3.63, 3.8) is 0 Å². The number of halogens is 1. The van der Waals surface area contributed by atoms with Crippen molar-refractivity contribution in [3.05, 3.63) is 48.0 Å². The Bertz CT molecular complexity index is 648. The minimum absolute atomic E-state index is 0.0274. The molecule has 1 aromatic carbocycles. The number of carbonyl (C=O) groups excluding carboxylic acids is 1. The van der Waals surface area contributed by atoms with Crippen LogP contribution in [-0.2, 0) is 11.3 Å². The standard InChI is InChI=1S/C14H14FN5O/c15-12-3-1-4-13(11(12)9-16)17-6-7-18-14(21)10-20-8-2-5-19-20/h1-5,8,17H,6-7,10H2,(H,18,21). The van der Waals surface area contributed by atoms with Crippen LogP contribution in [-0.4, -0.2) is 28.8 Å². The lowest BCUT2D eigenvalue weighted by Gasteiger charge is -2.09. The predicted molar refractivity (Wildman–Crippen MR) is 74.8 cm³/mol. The van der Waals surface area contributed by atoms with Crippen LogP contribution < -0.4 is 10.6 Å². The Morgan fingerprint density at radius 2 is 2.24 bits per heavy atom. The molecule has 0 unspecified atom stereocenters. The number of rotatable bonds is 6. The molecule has 2 N–H and O–H groups in total. The van der Waals surface area contributed by atoms with Crippen molar-refractivity contribution in [2.45, 2.75) is 6.54 Å². The van der Waals surface area contributed by atoms with Crippen molar-refractivity contribution in [2.24, 2.45) is 0 Å². The molecular formula is C14H14FN5O. The molecule has 6 nitrogen and oxygen atoms in total. The smallest absolute Gasteiger partial charge is 0.241 e. The molecule has 0 radical (unpaired) electrons. The van der Waals surface area contributed by atoms with Crippen molar-refractivity contribution < 1.29 is 9.18 Å². The molecular weight excluding hydrogens is 273 g/mol. The molecule has 1 amide bonds. The fourth-order valence-electron chi connectivity index (χ4n) is 1.78. The van der Waals surface area contributed by atoms with Crippen molar-refractivity contribution >= 4 is 11.6 Å². The fraction of sp³-hybridized carbons (Fsp3) is 0.214. The highest BCUT2D eigenvalue weighted by Gasteiger charge is 2.07. The number of hydrogen-bond donors (Lipinski definition) is 2. The third-order valence-corrected chi connectivity index (χ3v) is 2.75. The number of aromatic nitrogens is 2. The average molecular weight is 287 g/mol. The van der Waals surface area contributed by atoms with Gasteiger partial charge in [0, 0.05) is 25.5 Å². The Morgan fingerprint density at radius 3 is 2.95 bits per heavy atom. The number of amides is 1. The van der Waals surface area contributed by atoms with E-state index in [0.717, 1.165) is 0 Å². The minimum atomic E-state index is -0.565. The van der Waals surface area contributed by atoms with E-state index in [9.17, 15) is 9.18 Å². The second-order valence-corrected chi connectivity index (χ2v) is 4.25. The van der Waals surface area contributed by atoms with Gasteiger partial charge in [-0.15, -0.1) is 0 Å². The van der Waals surface area contributed by atoms with Crippen LogP contribution >= 0.6 is 0 Å². The molecule has 0 spiro atoms. The topological polar surface area (TPSA) is 82.7 Å². The van der Waals surface area contributed by atoms with E-state index in [0.29, 0.717) is 18.8 Å². The van der Waals surface area contributed by atoms with Gasteiger partial charge in [-0.25, -0.2) is 4.39 Å². The number of nitrogens with one attached hydrogen (secondary N) is 2. The monoisotopic (exact) mass is 287 g/mol. The third kappa shape index (κ3) is 4.04. The van der Waals surface area contributed by atoms with Crippen molar-refractivity contribution in [1.82, 2.24) is 15.1 Å². The first kappa shape index (κ1) is 14.5. The average Bonchev–Trinajstić information content (AvgIpc) is 2.96. The highest BCUT2D eigenvalue weighted by molar-refractivity contribution is 5.75. The number of nitrogens with zero attached hydrogens (tertiary/aromatic N) is 3. The Balaban J connectivity index is 1.76. The minimum Gasteiger partial charge on any atom is -0.382 e. The Kier molecular flexibility index (Phi) is 4.88. The largest absolute Gasteiger partial charge is 0.382 e. The third-order valence-electron chi connectivity index (χ3n) is 2.75. The first-order valence-corrected chi connectivity index (χ1v) is 6.37. The Morgan fingerprint density at radius 1 is 1.38 bits per heavy atom. The molecule has 0 fully saturated rings. The molecule has 2 aromatic rings. The highest BCUT2D eigenvalue weighted by atomic mass is 19.1. The molecule has 0 aliphatic carbocycles. The second-order valence-electron chi connectivity index (χ2n) is 4.25. The van der Waals surface area contributed by atoms with Crippen molar-refractivity contribution in [2.75, 3.05) is 18.4 Å². The van der Waals surface area contributed by atoms with Gasteiger partial charge in [-0.05, 0) is 18.2 Å². The molecule has 0 aliphatic heterocycles. The maximum absolute atomic E-state index is 13.4. The van der Waals surface area contributed by atoms with Gasteiger partial charge in [0.25, 0.3) is 0 Å². The quantitative estimate of drug-likeness (QED) is 0.780. The lowest BCUT2D eigenvalue weighted by molar-refractivity contribution is -0.121. The predicted octanol–water partition coefficient (Wildman–Crippen LogP) is 1.12. The van der Waals surface area contributed by atoms with E-state index in [2.05, 4.69) is 15.7 Å². The van der Waals surface area contributed by atoms with E-state index in [1.54, 1.807) is 30.6 Å². The molecule has 21 heavy (non-hydrogen) atoms. The van der Waals surface area contributed by atoms with Crippen molar-refractivity contribution in [3.8, 4) is 6.07 Å². The van der Waals surface area contributed by atoms with Gasteiger partial charge in [0.1, 0.15) is 24.0 Å². The number of anilines is 1. The zero-order chi connectivity index (χ0) is 15.1. The van der Waals surface area contributed by atoms with E-state index in [4.69, 9.17) is 5.26 Å². The molecule has 7 heteroatoms. The summed E-state index contributed by atoms with van der Waals surface area (Å²) >= 11 is 0. The fourth-order valence-corrected chi connectivity index (χ4v) is 1.78. The molecule has 108 valence electrons. The molecule has 1 heterocycles. The second kappa shape index (κ2) is 7.05. The Labute approximate surface area is 121 Å². The summed E-state index contributed by atoms with van der Waals surface area (Å²) in [6, 6.07) is 7.92. The van der Waals surface area contributed by atoms with Crippen LogP contribution in [0.15, 0.2) is 36.7 Å². The van der Waals surface area contributed by atoms with Crippen LogP contribution in [0.2, 0.25) is 0 Å². The molecule has 0 saturated heterocycles. The first-order chi connectivity index (χ1) is 10.2. The van der Waals surface area contributed by atoms with Gasteiger partial charge in [-0.3, -0.25) is 9.48 Å². The zero-order valence-electron chi connectivity index (χ0n) is 11.2. The van der Waals surface area contributed by atoms with Gasteiger partial charge >= 0.3 is 0 Å². The maximum atomic E-state index is 13.4. The molecule has 0 bridgehead atoms. The molecule has 1 aromatic heterocycles. The van der Waals surface area contributed by atoms with Gasteiger partial charge in [0.15, 0.2) is 0 Å². The summed E-state index contributed by atoms with van der Waals surface area (Å²) in [6.07, 6.45) is 3.30. The Hall–Kier alpha value is -2.88. The summed E-state index contributed by atoms with van der Waals surface area (Å²) in [6.45, 7) is 0.904. The lowest BCUT2D eigenvalue weighted by Crippen LogP contribution is -2.31. The first-order valence-electron chi connectivity index (χ1n) is 6.37. The SMILES string of the molecule is N#Cc1c(F)cccc1NCCNC(=O)Cn1cccn1. The summed E-state index contributed by atoms with van der Waals surface area (Å²) in [5, 5.41) is 18.4. The zero-order valence-corrected chi connectivity index (χ0v) is 11.2. The van der Waals surface area contributed by atoms with Crippen LogP contribution in [0.25, 0.3) is 0 Å². The van der Waals surface area contributed by atoms with Crippen LogP contribution in [0.3, 0.4) is 0 Å². The molecule has 0 aliphatic rings. The van der Waals surface area contributed by atoms with Crippen LogP contribution in [0.5, 0.6) is 0 Å². The van der Waals surface area contributed by atoms with E-state index in [1.165, 1.54) is 16.8 Å². The number of nitriles is 1. The highest BCUT2D eigenvalue weighted by Crippen LogP contribution is 2.17. The maximum Gasteiger partial charge on any atom is 0.241 e. The van der Waals surface area contributed by atoms with E-state index < -0.39 is 5.82 Å². The summed E-state index contributed by atoms with van der Waals surface area (Å²) < 4.78 is 14.9. The number of carbonyl (C=O) groups is 1. The van der Waals surface area contributed by atoms with E-state index in [1.807, 2.05) is 0 Å².